The van der Waals surface area contributed by atoms with E-state index in [1.807, 2.05) is 6.07 Å². The minimum Gasteiger partial charge on any atom is -0.459 e. The van der Waals surface area contributed by atoms with Crippen molar-refractivity contribution < 1.29 is 18.4 Å². The molecule has 0 bridgehead atoms. The molecule has 0 radical (unpaired) electrons. The van der Waals surface area contributed by atoms with E-state index in [1.54, 1.807) is 48.5 Å². The molecule has 3 amide bonds. The fourth-order valence-electron chi connectivity index (χ4n) is 2.62. The summed E-state index contributed by atoms with van der Waals surface area (Å²) in [6, 6.07) is 16.5. The Hall–Kier alpha value is -3.61. The number of furan rings is 1. The topological polar surface area (TPSA) is 83.4 Å². The van der Waals surface area contributed by atoms with Crippen molar-refractivity contribution in [2.75, 3.05) is 11.9 Å². The summed E-state index contributed by atoms with van der Waals surface area (Å²) in [5.41, 5.74) is 1.98. The van der Waals surface area contributed by atoms with Crippen LogP contribution in [0.25, 0.3) is 0 Å². The Kier molecular flexibility index (Phi) is 6.41. The number of benzene rings is 2. The van der Waals surface area contributed by atoms with Crippen molar-refractivity contribution in [1.82, 2.24) is 10.6 Å². The zero-order valence-corrected chi connectivity index (χ0v) is 15.1. The average Bonchev–Trinajstić information content (AvgIpc) is 3.23. The van der Waals surface area contributed by atoms with Gasteiger partial charge in [-0.25, -0.2) is 9.18 Å². The molecule has 0 atom stereocenters. The number of carbonyl (C=O) groups excluding carboxylic acids is 2. The highest BCUT2D eigenvalue weighted by Gasteiger charge is 2.09. The van der Waals surface area contributed by atoms with Crippen LogP contribution in [0.3, 0.4) is 0 Å². The van der Waals surface area contributed by atoms with Crippen LogP contribution in [0.2, 0.25) is 0 Å². The van der Waals surface area contributed by atoms with Crippen molar-refractivity contribution in [2.45, 2.75) is 13.0 Å². The third kappa shape index (κ3) is 5.44. The molecule has 0 aliphatic rings. The molecule has 3 N–H and O–H groups in total. The van der Waals surface area contributed by atoms with Crippen LogP contribution in [0.5, 0.6) is 0 Å². The normalized spacial score (nSPS) is 10.3. The van der Waals surface area contributed by atoms with Gasteiger partial charge in [0, 0.05) is 18.8 Å². The highest BCUT2D eigenvalue weighted by molar-refractivity contribution is 6.02. The molecule has 1 aromatic heterocycles. The van der Waals surface area contributed by atoms with E-state index >= 15 is 0 Å². The van der Waals surface area contributed by atoms with E-state index in [2.05, 4.69) is 16.0 Å². The Morgan fingerprint density at radius 1 is 0.964 bits per heavy atom. The fraction of sp³-hybridized carbons (Fsp3) is 0.143. The van der Waals surface area contributed by atoms with E-state index in [0.29, 0.717) is 24.2 Å². The first-order chi connectivity index (χ1) is 13.6. The minimum absolute atomic E-state index is 0.220. The highest BCUT2D eigenvalue weighted by Crippen LogP contribution is 2.12. The van der Waals surface area contributed by atoms with E-state index in [9.17, 15) is 14.0 Å². The SMILES string of the molecule is O=C(NCCc1ccccc1F)NCc1cccc(NC(=O)c2ccco2)c1. The smallest absolute Gasteiger partial charge is 0.315 e. The van der Waals surface area contributed by atoms with Crippen LogP contribution in [0.4, 0.5) is 14.9 Å². The molecule has 1 heterocycles. The van der Waals surface area contributed by atoms with Gasteiger partial charge in [0.1, 0.15) is 5.82 Å². The molecule has 0 spiro atoms. The molecule has 28 heavy (non-hydrogen) atoms. The second kappa shape index (κ2) is 9.36. The summed E-state index contributed by atoms with van der Waals surface area (Å²) in [5.74, 6) is -0.406. The summed E-state index contributed by atoms with van der Waals surface area (Å²) in [6.45, 7) is 0.613. The van der Waals surface area contributed by atoms with E-state index in [-0.39, 0.29) is 30.1 Å². The molecule has 0 unspecified atom stereocenters. The van der Waals surface area contributed by atoms with Crippen molar-refractivity contribution in [3.8, 4) is 0 Å². The first-order valence-corrected chi connectivity index (χ1v) is 8.81. The zero-order valence-electron chi connectivity index (χ0n) is 15.1. The molecule has 3 aromatic rings. The van der Waals surface area contributed by atoms with Crippen molar-refractivity contribution in [2.24, 2.45) is 0 Å². The average molecular weight is 381 g/mol. The number of carbonyl (C=O) groups is 2. The van der Waals surface area contributed by atoms with Crippen LogP contribution in [0.15, 0.2) is 71.3 Å². The standard InChI is InChI=1S/C21H20FN3O3/c22-18-8-2-1-6-16(18)10-11-23-21(27)24-14-15-5-3-7-17(13-15)25-20(26)19-9-4-12-28-19/h1-9,12-13H,10-11,14H2,(H,25,26)(H2,23,24,27). The second-order valence-electron chi connectivity index (χ2n) is 6.08. The van der Waals surface area contributed by atoms with Crippen LogP contribution < -0.4 is 16.0 Å². The Balaban J connectivity index is 1.44. The summed E-state index contributed by atoms with van der Waals surface area (Å²) in [7, 11) is 0. The van der Waals surface area contributed by atoms with Gasteiger partial charge in [-0.1, -0.05) is 30.3 Å². The molecular weight excluding hydrogens is 361 g/mol. The van der Waals surface area contributed by atoms with Gasteiger partial charge in [0.15, 0.2) is 5.76 Å². The van der Waals surface area contributed by atoms with Crippen LogP contribution in [-0.4, -0.2) is 18.5 Å². The van der Waals surface area contributed by atoms with E-state index in [0.717, 1.165) is 5.56 Å². The van der Waals surface area contributed by atoms with Crippen LogP contribution in [0, 0.1) is 5.82 Å². The summed E-state index contributed by atoms with van der Waals surface area (Å²) in [5, 5.41) is 8.16. The Morgan fingerprint density at radius 3 is 2.61 bits per heavy atom. The number of nitrogens with one attached hydrogen (secondary N) is 3. The van der Waals surface area contributed by atoms with E-state index in [1.165, 1.54) is 12.3 Å². The molecule has 0 saturated carbocycles. The van der Waals surface area contributed by atoms with Crippen LogP contribution >= 0.6 is 0 Å². The number of amides is 3. The van der Waals surface area contributed by atoms with Gasteiger partial charge >= 0.3 is 6.03 Å². The number of hydrogen-bond acceptors (Lipinski definition) is 3. The predicted molar refractivity (Wildman–Crippen MR) is 103 cm³/mol. The zero-order chi connectivity index (χ0) is 19.8. The molecule has 0 saturated heterocycles. The van der Waals surface area contributed by atoms with Crippen molar-refractivity contribution in [3.05, 3.63) is 89.6 Å². The van der Waals surface area contributed by atoms with Crippen LogP contribution in [-0.2, 0) is 13.0 Å². The van der Waals surface area contributed by atoms with Crippen molar-refractivity contribution in [3.63, 3.8) is 0 Å². The van der Waals surface area contributed by atoms with E-state index < -0.39 is 0 Å². The first-order valence-electron chi connectivity index (χ1n) is 8.81. The Labute approximate surface area is 161 Å². The lowest BCUT2D eigenvalue weighted by atomic mass is 10.1. The third-order valence-electron chi connectivity index (χ3n) is 4.02. The summed E-state index contributed by atoms with van der Waals surface area (Å²) >= 11 is 0. The van der Waals surface area contributed by atoms with Crippen LogP contribution in [0.1, 0.15) is 21.7 Å². The molecule has 2 aromatic carbocycles. The van der Waals surface area contributed by atoms with Gasteiger partial charge in [-0.2, -0.15) is 0 Å². The molecular formula is C21H20FN3O3. The Morgan fingerprint density at radius 2 is 1.82 bits per heavy atom. The molecule has 6 nitrogen and oxygen atoms in total. The molecule has 3 rings (SSSR count). The number of hydrogen-bond donors (Lipinski definition) is 3. The van der Waals surface area contributed by atoms with Gasteiger partial charge < -0.3 is 20.4 Å². The lowest BCUT2D eigenvalue weighted by molar-refractivity contribution is 0.0996. The lowest BCUT2D eigenvalue weighted by Gasteiger charge is -2.10. The van der Waals surface area contributed by atoms with Crippen molar-refractivity contribution in [1.29, 1.82) is 0 Å². The van der Waals surface area contributed by atoms with Crippen molar-refractivity contribution >= 4 is 17.6 Å². The first kappa shape index (κ1) is 19.2. The summed E-state index contributed by atoms with van der Waals surface area (Å²) in [4.78, 5) is 23.9. The van der Waals surface area contributed by atoms with Gasteiger partial charge in [-0.3, -0.25) is 4.79 Å². The summed E-state index contributed by atoms with van der Waals surface area (Å²) < 4.78 is 18.6. The maximum atomic E-state index is 13.5. The third-order valence-corrected chi connectivity index (χ3v) is 4.02. The van der Waals surface area contributed by atoms with E-state index in [4.69, 9.17) is 4.42 Å². The largest absolute Gasteiger partial charge is 0.459 e. The maximum absolute atomic E-state index is 13.5. The predicted octanol–water partition coefficient (Wildman–Crippen LogP) is 3.71. The summed E-state index contributed by atoms with van der Waals surface area (Å²) in [6.07, 6.45) is 1.84. The number of rotatable bonds is 7. The van der Waals surface area contributed by atoms with Gasteiger partial charge in [-0.05, 0) is 47.9 Å². The molecule has 0 aliphatic heterocycles. The molecule has 0 aliphatic carbocycles. The Bertz CT molecular complexity index is 942. The number of halogens is 1. The quantitative estimate of drug-likeness (QED) is 0.583. The monoisotopic (exact) mass is 381 g/mol. The number of urea groups is 1. The van der Waals surface area contributed by atoms with Gasteiger partial charge in [0.05, 0.1) is 6.26 Å². The molecule has 144 valence electrons. The minimum atomic E-state index is -0.346. The molecule has 7 heteroatoms. The van der Waals surface area contributed by atoms with Gasteiger partial charge in [0.2, 0.25) is 0 Å². The maximum Gasteiger partial charge on any atom is 0.315 e. The number of anilines is 1. The second-order valence-corrected chi connectivity index (χ2v) is 6.08. The molecule has 0 fully saturated rings. The van der Waals surface area contributed by atoms with Gasteiger partial charge in [0.25, 0.3) is 5.91 Å². The lowest BCUT2D eigenvalue weighted by Crippen LogP contribution is -2.36. The fourth-order valence-corrected chi connectivity index (χ4v) is 2.62. The highest BCUT2D eigenvalue weighted by atomic mass is 19.1. The van der Waals surface area contributed by atoms with Gasteiger partial charge in [-0.15, -0.1) is 0 Å².